The first-order valence-electron chi connectivity index (χ1n) is 9.81. The van der Waals surface area contributed by atoms with Crippen molar-refractivity contribution in [3.8, 4) is 0 Å². The summed E-state index contributed by atoms with van der Waals surface area (Å²) in [7, 11) is 0. The molecule has 3 amide bonds. The summed E-state index contributed by atoms with van der Waals surface area (Å²) >= 11 is 5.90. The van der Waals surface area contributed by atoms with Crippen LogP contribution in [0, 0.1) is 5.82 Å². The summed E-state index contributed by atoms with van der Waals surface area (Å²) < 4.78 is 18.9. The molecular formula is C23H19ClFN3O4. The minimum absolute atomic E-state index is 0.0246. The van der Waals surface area contributed by atoms with Crippen molar-refractivity contribution in [2.45, 2.75) is 6.54 Å². The van der Waals surface area contributed by atoms with E-state index >= 15 is 0 Å². The summed E-state index contributed by atoms with van der Waals surface area (Å²) in [6.45, 7) is -0.319. The molecule has 9 heteroatoms. The zero-order valence-electron chi connectivity index (χ0n) is 16.9. The molecule has 164 valence electrons. The van der Waals surface area contributed by atoms with Crippen molar-refractivity contribution in [1.82, 2.24) is 9.80 Å². The number of nitrogens with zero attached hydrogens (tertiary/aromatic N) is 3. The number of amides is 3. The van der Waals surface area contributed by atoms with E-state index in [0.29, 0.717) is 16.5 Å². The molecule has 4 rings (SSSR count). The van der Waals surface area contributed by atoms with Gasteiger partial charge in [0, 0.05) is 16.3 Å². The number of furan rings is 1. The maximum atomic E-state index is 13.6. The molecule has 1 aromatic heterocycles. The average Bonchev–Trinajstić information content (AvgIpc) is 3.43. The molecule has 3 aromatic rings. The van der Waals surface area contributed by atoms with Crippen molar-refractivity contribution in [2.24, 2.45) is 0 Å². The molecular weight excluding hydrogens is 437 g/mol. The summed E-state index contributed by atoms with van der Waals surface area (Å²) in [6, 6.07) is 15.3. The van der Waals surface area contributed by atoms with E-state index in [1.54, 1.807) is 36.4 Å². The van der Waals surface area contributed by atoms with E-state index in [0.717, 1.165) is 6.07 Å². The summed E-state index contributed by atoms with van der Waals surface area (Å²) in [5, 5.41) is 0.540. The van der Waals surface area contributed by atoms with Crippen LogP contribution in [0.15, 0.2) is 71.3 Å². The molecule has 2 aromatic carbocycles. The van der Waals surface area contributed by atoms with Crippen LogP contribution in [0.1, 0.15) is 16.1 Å². The van der Waals surface area contributed by atoms with Gasteiger partial charge in [0.15, 0.2) is 0 Å². The van der Waals surface area contributed by atoms with E-state index in [1.165, 1.54) is 39.2 Å². The molecule has 7 nitrogen and oxygen atoms in total. The normalized spacial score (nSPS) is 13.5. The van der Waals surface area contributed by atoms with Gasteiger partial charge in [0.25, 0.3) is 5.91 Å². The summed E-state index contributed by atoms with van der Waals surface area (Å²) in [5.74, 6) is -1.25. The van der Waals surface area contributed by atoms with Crippen molar-refractivity contribution < 1.29 is 23.2 Å². The molecule has 1 saturated heterocycles. The Kier molecular flexibility index (Phi) is 6.23. The number of benzene rings is 2. The van der Waals surface area contributed by atoms with Gasteiger partial charge in [0.1, 0.15) is 31.3 Å². The van der Waals surface area contributed by atoms with Crippen LogP contribution in [0.2, 0.25) is 5.02 Å². The fourth-order valence-corrected chi connectivity index (χ4v) is 3.55. The smallest absolute Gasteiger partial charge is 0.254 e. The second-order valence-corrected chi connectivity index (χ2v) is 7.72. The number of hydrogen-bond donors (Lipinski definition) is 0. The van der Waals surface area contributed by atoms with Crippen molar-refractivity contribution >= 4 is 35.0 Å². The van der Waals surface area contributed by atoms with Crippen LogP contribution in [0.5, 0.6) is 0 Å². The molecule has 0 saturated carbocycles. The molecule has 1 aliphatic heterocycles. The van der Waals surface area contributed by atoms with Crippen LogP contribution in [0.25, 0.3) is 0 Å². The quantitative estimate of drug-likeness (QED) is 0.569. The summed E-state index contributed by atoms with van der Waals surface area (Å²) in [4.78, 5) is 42.6. The molecule has 0 bridgehead atoms. The Morgan fingerprint density at radius 2 is 1.88 bits per heavy atom. The van der Waals surface area contributed by atoms with Gasteiger partial charge in [-0.25, -0.2) is 4.39 Å². The van der Waals surface area contributed by atoms with Crippen LogP contribution in [-0.4, -0.2) is 47.3 Å². The molecule has 1 fully saturated rings. The van der Waals surface area contributed by atoms with Gasteiger partial charge in [-0.2, -0.15) is 0 Å². The highest BCUT2D eigenvalue weighted by molar-refractivity contribution is 6.30. The van der Waals surface area contributed by atoms with Crippen LogP contribution in [0.4, 0.5) is 10.1 Å². The maximum absolute atomic E-state index is 13.6. The number of hydrogen-bond acceptors (Lipinski definition) is 4. The largest absolute Gasteiger partial charge is 0.467 e. The van der Waals surface area contributed by atoms with E-state index in [1.807, 2.05) is 0 Å². The fraction of sp³-hybridized carbons (Fsp3) is 0.174. The Balaban J connectivity index is 1.50. The summed E-state index contributed by atoms with van der Waals surface area (Å²) in [5.41, 5.74) is 0.739. The number of carbonyl (C=O) groups excluding carboxylic acids is 3. The average molecular weight is 456 g/mol. The van der Waals surface area contributed by atoms with Gasteiger partial charge >= 0.3 is 0 Å². The zero-order chi connectivity index (χ0) is 22.7. The maximum Gasteiger partial charge on any atom is 0.254 e. The monoisotopic (exact) mass is 455 g/mol. The van der Waals surface area contributed by atoms with Gasteiger partial charge < -0.3 is 14.2 Å². The molecule has 0 radical (unpaired) electrons. The van der Waals surface area contributed by atoms with E-state index in [4.69, 9.17) is 16.0 Å². The van der Waals surface area contributed by atoms with Gasteiger partial charge in [-0.05, 0) is 54.6 Å². The van der Waals surface area contributed by atoms with Gasteiger partial charge in [-0.1, -0.05) is 17.7 Å². The Labute approximate surface area is 188 Å². The number of halogens is 2. The van der Waals surface area contributed by atoms with Crippen LogP contribution in [0.3, 0.4) is 0 Å². The molecule has 0 atom stereocenters. The number of anilines is 1. The van der Waals surface area contributed by atoms with Gasteiger partial charge in [0.2, 0.25) is 11.8 Å². The lowest BCUT2D eigenvalue weighted by molar-refractivity contribution is -0.132. The van der Waals surface area contributed by atoms with Crippen LogP contribution in [-0.2, 0) is 16.1 Å². The Morgan fingerprint density at radius 1 is 1.09 bits per heavy atom. The predicted molar refractivity (Wildman–Crippen MR) is 115 cm³/mol. The topological polar surface area (TPSA) is 74.1 Å². The van der Waals surface area contributed by atoms with Gasteiger partial charge in [-0.3, -0.25) is 19.3 Å². The highest BCUT2D eigenvalue weighted by atomic mass is 35.5. The molecule has 0 unspecified atom stereocenters. The van der Waals surface area contributed by atoms with Crippen LogP contribution < -0.4 is 4.90 Å². The lowest BCUT2D eigenvalue weighted by Crippen LogP contribution is -2.42. The summed E-state index contributed by atoms with van der Waals surface area (Å²) in [6.07, 6.45) is 1.46. The lowest BCUT2D eigenvalue weighted by atomic mass is 10.2. The third-order valence-corrected chi connectivity index (χ3v) is 5.29. The predicted octanol–water partition coefficient (Wildman–Crippen LogP) is 3.55. The standard InChI is InChI=1S/C23H19ClFN3O4/c24-17-6-8-19(9-7-17)28-15-27(14-22(28)30)21(29)13-26(12-20-5-2-10-32-20)23(31)16-3-1-4-18(25)11-16/h1-11H,12-15H2. The van der Waals surface area contributed by atoms with E-state index in [2.05, 4.69) is 0 Å². The van der Waals surface area contributed by atoms with Crippen molar-refractivity contribution in [2.75, 3.05) is 24.7 Å². The van der Waals surface area contributed by atoms with Gasteiger partial charge in [0.05, 0.1) is 12.8 Å². The van der Waals surface area contributed by atoms with Crippen LogP contribution >= 0.6 is 11.6 Å². The van der Waals surface area contributed by atoms with Crippen molar-refractivity contribution in [3.05, 3.63) is 89.1 Å². The molecule has 0 aliphatic carbocycles. The minimum atomic E-state index is -0.552. The third kappa shape index (κ3) is 4.81. The molecule has 1 aliphatic rings. The Bertz CT molecular complexity index is 1130. The van der Waals surface area contributed by atoms with E-state index in [-0.39, 0.29) is 37.8 Å². The third-order valence-electron chi connectivity index (χ3n) is 5.04. The van der Waals surface area contributed by atoms with Gasteiger partial charge in [-0.15, -0.1) is 0 Å². The molecule has 0 spiro atoms. The molecule has 0 N–H and O–H groups in total. The van der Waals surface area contributed by atoms with Crippen molar-refractivity contribution in [3.63, 3.8) is 0 Å². The zero-order valence-corrected chi connectivity index (χ0v) is 17.7. The van der Waals surface area contributed by atoms with Crippen molar-refractivity contribution in [1.29, 1.82) is 0 Å². The first kappa shape index (κ1) is 21.6. The number of carbonyl (C=O) groups is 3. The Morgan fingerprint density at radius 3 is 2.56 bits per heavy atom. The fourth-order valence-electron chi connectivity index (χ4n) is 3.42. The first-order chi connectivity index (χ1) is 15.4. The molecule has 2 heterocycles. The van der Waals surface area contributed by atoms with E-state index < -0.39 is 17.6 Å². The highest BCUT2D eigenvalue weighted by Gasteiger charge is 2.33. The first-order valence-corrected chi connectivity index (χ1v) is 10.2. The number of rotatable bonds is 6. The van der Waals surface area contributed by atoms with E-state index in [9.17, 15) is 18.8 Å². The molecule has 32 heavy (non-hydrogen) atoms. The highest BCUT2D eigenvalue weighted by Crippen LogP contribution is 2.22. The minimum Gasteiger partial charge on any atom is -0.467 e. The SMILES string of the molecule is O=C(CN(Cc1ccco1)C(=O)c1cccc(F)c1)N1CC(=O)N(c2ccc(Cl)cc2)C1. The lowest BCUT2D eigenvalue weighted by Gasteiger charge is -2.24. The Hall–Kier alpha value is -3.65. The second kappa shape index (κ2) is 9.23. The second-order valence-electron chi connectivity index (χ2n) is 7.28.